The number of thiophene rings is 1. The molecule has 6 nitrogen and oxygen atoms in total. The molecule has 0 radical (unpaired) electrons. The van der Waals surface area contributed by atoms with E-state index in [1.165, 1.54) is 10.4 Å². The van der Waals surface area contributed by atoms with Gasteiger partial charge in [0.15, 0.2) is 0 Å². The molecule has 0 unspecified atom stereocenters. The predicted molar refractivity (Wildman–Crippen MR) is 113 cm³/mol. The molecule has 160 valence electrons. The van der Waals surface area contributed by atoms with Crippen LogP contribution in [0.4, 0.5) is 14.6 Å². The SMILES string of the molecule is Cc1sc2nc(CN3CCOCC3)nc(NCc3ccc(OC(F)F)cc3)c2c1C. The third kappa shape index (κ3) is 4.85. The van der Waals surface area contributed by atoms with E-state index >= 15 is 0 Å². The molecule has 0 saturated carbocycles. The first-order valence-corrected chi connectivity index (χ1v) is 10.7. The van der Waals surface area contributed by atoms with Crippen LogP contribution in [0.3, 0.4) is 0 Å². The molecule has 0 atom stereocenters. The number of alkyl halides is 2. The summed E-state index contributed by atoms with van der Waals surface area (Å²) in [5.74, 6) is 1.74. The summed E-state index contributed by atoms with van der Waals surface area (Å²) in [6, 6.07) is 6.62. The molecule has 9 heteroatoms. The van der Waals surface area contributed by atoms with Gasteiger partial charge in [-0.25, -0.2) is 9.97 Å². The van der Waals surface area contributed by atoms with Crippen molar-refractivity contribution in [1.29, 1.82) is 0 Å². The molecule has 0 aliphatic carbocycles. The molecule has 1 aromatic carbocycles. The van der Waals surface area contributed by atoms with Gasteiger partial charge in [-0.2, -0.15) is 8.78 Å². The monoisotopic (exact) mass is 434 g/mol. The maximum absolute atomic E-state index is 12.3. The van der Waals surface area contributed by atoms with E-state index < -0.39 is 6.61 Å². The highest BCUT2D eigenvalue weighted by molar-refractivity contribution is 7.18. The second kappa shape index (κ2) is 9.20. The Labute approximate surface area is 177 Å². The first-order chi connectivity index (χ1) is 14.5. The van der Waals surface area contributed by atoms with Crippen molar-refractivity contribution in [1.82, 2.24) is 14.9 Å². The van der Waals surface area contributed by atoms with Crippen molar-refractivity contribution in [3.8, 4) is 5.75 Å². The van der Waals surface area contributed by atoms with Gasteiger partial charge < -0.3 is 14.8 Å². The molecular weight excluding hydrogens is 410 g/mol. The second-order valence-electron chi connectivity index (χ2n) is 7.22. The third-order valence-corrected chi connectivity index (χ3v) is 6.25. The summed E-state index contributed by atoms with van der Waals surface area (Å²) in [4.78, 5) is 14.1. The average molecular weight is 435 g/mol. The van der Waals surface area contributed by atoms with Gasteiger partial charge in [-0.15, -0.1) is 11.3 Å². The van der Waals surface area contributed by atoms with E-state index in [1.54, 1.807) is 35.6 Å². The van der Waals surface area contributed by atoms with E-state index in [9.17, 15) is 8.78 Å². The first-order valence-electron chi connectivity index (χ1n) is 9.84. The number of ether oxygens (including phenoxy) is 2. The molecule has 4 rings (SSSR count). The molecule has 0 amide bonds. The summed E-state index contributed by atoms with van der Waals surface area (Å²) < 4.78 is 34.5. The number of hydrogen-bond donors (Lipinski definition) is 1. The molecule has 30 heavy (non-hydrogen) atoms. The van der Waals surface area contributed by atoms with Crippen LogP contribution >= 0.6 is 11.3 Å². The van der Waals surface area contributed by atoms with Gasteiger partial charge in [-0.05, 0) is 37.1 Å². The van der Waals surface area contributed by atoms with E-state index in [2.05, 4.69) is 28.8 Å². The maximum atomic E-state index is 12.3. The first kappa shape index (κ1) is 20.9. The lowest BCUT2D eigenvalue weighted by atomic mass is 10.2. The fourth-order valence-corrected chi connectivity index (χ4v) is 4.47. The molecule has 0 spiro atoms. The smallest absolute Gasteiger partial charge is 0.387 e. The second-order valence-corrected chi connectivity index (χ2v) is 8.42. The summed E-state index contributed by atoms with van der Waals surface area (Å²) in [5, 5.41) is 4.46. The van der Waals surface area contributed by atoms with Crippen molar-refractivity contribution in [2.24, 2.45) is 0 Å². The summed E-state index contributed by atoms with van der Waals surface area (Å²) in [6.07, 6.45) is 0. The van der Waals surface area contributed by atoms with Crippen LogP contribution in [0.2, 0.25) is 0 Å². The number of nitrogens with one attached hydrogen (secondary N) is 1. The minimum absolute atomic E-state index is 0.148. The van der Waals surface area contributed by atoms with Crippen LogP contribution in [0.1, 0.15) is 21.8 Å². The van der Waals surface area contributed by atoms with Gasteiger partial charge in [0.05, 0.1) is 25.1 Å². The number of halogens is 2. The number of morpholine rings is 1. The number of benzene rings is 1. The van der Waals surface area contributed by atoms with Crippen LogP contribution in [0.25, 0.3) is 10.2 Å². The summed E-state index contributed by atoms with van der Waals surface area (Å²) >= 11 is 1.68. The maximum Gasteiger partial charge on any atom is 0.387 e. The average Bonchev–Trinajstić information content (AvgIpc) is 3.01. The Morgan fingerprint density at radius 2 is 1.90 bits per heavy atom. The van der Waals surface area contributed by atoms with E-state index in [0.717, 1.165) is 53.7 Å². The van der Waals surface area contributed by atoms with Gasteiger partial charge in [0.2, 0.25) is 0 Å². The molecule has 2 aromatic heterocycles. The number of anilines is 1. The topological polar surface area (TPSA) is 59.5 Å². The Kier molecular flexibility index (Phi) is 6.40. The van der Waals surface area contributed by atoms with Crippen LogP contribution in [0.15, 0.2) is 24.3 Å². The molecule has 0 bridgehead atoms. The van der Waals surface area contributed by atoms with Crippen LogP contribution in [-0.2, 0) is 17.8 Å². The standard InChI is InChI=1S/C21H24F2N4O2S/c1-13-14(2)30-20-18(13)19(25-17(26-20)12-27-7-9-28-10-8-27)24-11-15-3-5-16(6-4-15)29-21(22)23/h3-6,21H,7-12H2,1-2H3,(H,24,25,26). The van der Waals surface area contributed by atoms with E-state index in [-0.39, 0.29) is 5.75 Å². The molecule has 1 aliphatic rings. The molecule has 1 saturated heterocycles. The van der Waals surface area contributed by atoms with Gasteiger partial charge >= 0.3 is 6.61 Å². The fourth-order valence-electron chi connectivity index (χ4n) is 3.43. The van der Waals surface area contributed by atoms with Gasteiger partial charge in [0.1, 0.15) is 22.2 Å². The molecule has 3 aromatic rings. The fraction of sp³-hybridized carbons (Fsp3) is 0.429. The number of nitrogens with zero attached hydrogens (tertiary/aromatic N) is 3. The van der Waals surface area contributed by atoms with Crippen molar-refractivity contribution in [3.63, 3.8) is 0 Å². The van der Waals surface area contributed by atoms with Crippen molar-refractivity contribution in [2.45, 2.75) is 33.5 Å². The van der Waals surface area contributed by atoms with Gasteiger partial charge in [-0.1, -0.05) is 12.1 Å². The Hall–Kier alpha value is -2.36. The van der Waals surface area contributed by atoms with Crippen LogP contribution < -0.4 is 10.1 Å². The zero-order valence-electron chi connectivity index (χ0n) is 17.0. The normalized spacial score (nSPS) is 15.1. The molecular formula is C21H24F2N4O2S. The number of rotatable bonds is 7. The lowest BCUT2D eigenvalue weighted by Gasteiger charge is -2.25. The lowest BCUT2D eigenvalue weighted by molar-refractivity contribution is -0.0498. The number of hydrogen-bond acceptors (Lipinski definition) is 7. The van der Waals surface area contributed by atoms with Gasteiger partial charge in [0, 0.05) is 24.5 Å². The Morgan fingerprint density at radius 1 is 1.17 bits per heavy atom. The molecule has 3 heterocycles. The molecule has 1 aliphatic heterocycles. The lowest BCUT2D eigenvalue weighted by Crippen LogP contribution is -2.36. The minimum atomic E-state index is -2.82. The van der Waals surface area contributed by atoms with Crippen molar-refractivity contribution in [2.75, 3.05) is 31.6 Å². The molecule has 1 fully saturated rings. The zero-order valence-corrected chi connectivity index (χ0v) is 17.8. The predicted octanol–water partition coefficient (Wildman–Crippen LogP) is 4.35. The van der Waals surface area contributed by atoms with Crippen LogP contribution in [-0.4, -0.2) is 47.8 Å². The minimum Gasteiger partial charge on any atom is -0.435 e. The van der Waals surface area contributed by atoms with Gasteiger partial charge in [-0.3, -0.25) is 4.90 Å². The number of aromatic nitrogens is 2. The molecule has 1 N–H and O–H groups in total. The summed E-state index contributed by atoms with van der Waals surface area (Å²) in [7, 11) is 0. The Bertz CT molecular complexity index is 1000. The highest BCUT2D eigenvalue weighted by Crippen LogP contribution is 2.33. The van der Waals surface area contributed by atoms with Crippen molar-refractivity contribution < 1.29 is 18.3 Å². The Balaban J connectivity index is 1.55. The number of aryl methyl sites for hydroxylation is 2. The zero-order chi connectivity index (χ0) is 21.1. The van der Waals surface area contributed by atoms with Crippen LogP contribution in [0.5, 0.6) is 5.75 Å². The highest BCUT2D eigenvalue weighted by atomic mass is 32.1. The van der Waals surface area contributed by atoms with E-state index in [1.807, 2.05) is 0 Å². The van der Waals surface area contributed by atoms with Crippen LogP contribution in [0, 0.1) is 13.8 Å². The third-order valence-electron chi connectivity index (χ3n) is 5.15. The Morgan fingerprint density at radius 3 is 2.60 bits per heavy atom. The largest absolute Gasteiger partial charge is 0.435 e. The van der Waals surface area contributed by atoms with Crippen molar-refractivity contribution >= 4 is 27.4 Å². The quantitative estimate of drug-likeness (QED) is 0.597. The van der Waals surface area contributed by atoms with Crippen molar-refractivity contribution in [3.05, 3.63) is 46.1 Å². The van der Waals surface area contributed by atoms with Gasteiger partial charge in [0.25, 0.3) is 0 Å². The van der Waals surface area contributed by atoms with E-state index in [4.69, 9.17) is 14.7 Å². The van der Waals surface area contributed by atoms with E-state index in [0.29, 0.717) is 13.1 Å². The highest BCUT2D eigenvalue weighted by Gasteiger charge is 2.17. The summed E-state index contributed by atoms with van der Waals surface area (Å²) in [6.45, 7) is 5.77. The summed E-state index contributed by atoms with van der Waals surface area (Å²) in [5.41, 5.74) is 2.12. The number of fused-ring (bicyclic) bond motifs is 1.